The molecular weight excluding hydrogens is 276 g/mol. The Morgan fingerprint density at radius 2 is 2.16 bits per heavy atom. The Kier molecular flexibility index (Phi) is 6.08. The molecule has 0 unspecified atom stereocenters. The zero-order valence-electron chi connectivity index (χ0n) is 10.9. The Labute approximate surface area is 115 Å². The van der Waals surface area contributed by atoms with Crippen molar-refractivity contribution in [2.75, 3.05) is 19.0 Å². The molecule has 0 fully saturated rings. The number of aromatic nitrogens is 2. The molecule has 1 heterocycles. The van der Waals surface area contributed by atoms with E-state index in [0.717, 1.165) is 4.90 Å². The highest BCUT2D eigenvalue weighted by molar-refractivity contribution is 6.18. The SMILES string of the molecule is CCc1nnc(C)cc1C(=O)N(CCCl)CC(F)F. The van der Waals surface area contributed by atoms with Crippen molar-refractivity contribution in [1.82, 2.24) is 15.1 Å². The first-order valence-electron chi connectivity index (χ1n) is 5.96. The third-order valence-electron chi connectivity index (χ3n) is 2.56. The lowest BCUT2D eigenvalue weighted by atomic mass is 10.1. The van der Waals surface area contributed by atoms with Gasteiger partial charge in [-0.1, -0.05) is 6.92 Å². The second-order valence-electron chi connectivity index (χ2n) is 4.03. The maximum Gasteiger partial charge on any atom is 0.256 e. The van der Waals surface area contributed by atoms with Crippen molar-refractivity contribution in [1.29, 1.82) is 0 Å². The average Bonchev–Trinajstić information content (AvgIpc) is 2.37. The molecule has 0 spiro atoms. The van der Waals surface area contributed by atoms with E-state index in [9.17, 15) is 13.6 Å². The fourth-order valence-corrected chi connectivity index (χ4v) is 1.88. The molecule has 0 aliphatic carbocycles. The molecule has 0 radical (unpaired) electrons. The summed E-state index contributed by atoms with van der Waals surface area (Å²) in [6.45, 7) is 2.97. The maximum atomic E-state index is 12.5. The second kappa shape index (κ2) is 7.33. The standard InChI is InChI=1S/C12H16ClF2N3O/c1-3-10-9(6-8(2)16-17-10)12(19)18(5-4-13)7-11(14)15/h6,11H,3-5,7H2,1-2H3. The number of hydrogen-bond donors (Lipinski definition) is 0. The molecule has 1 aromatic rings. The zero-order valence-corrected chi connectivity index (χ0v) is 11.6. The van der Waals surface area contributed by atoms with Crippen molar-refractivity contribution in [2.45, 2.75) is 26.7 Å². The Morgan fingerprint density at radius 3 is 2.68 bits per heavy atom. The first kappa shape index (κ1) is 15.8. The van der Waals surface area contributed by atoms with Crippen LogP contribution < -0.4 is 0 Å². The van der Waals surface area contributed by atoms with Gasteiger partial charge in [0, 0.05) is 12.4 Å². The normalized spacial score (nSPS) is 10.8. The minimum atomic E-state index is -2.59. The lowest BCUT2D eigenvalue weighted by molar-refractivity contribution is 0.0569. The largest absolute Gasteiger partial charge is 0.332 e. The van der Waals surface area contributed by atoms with Crippen molar-refractivity contribution in [3.63, 3.8) is 0 Å². The van der Waals surface area contributed by atoms with Crippen LogP contribution in [0, 0.1) is 6.92 Å². The van der Waals surface area contributed by atoms with Crippen LogP contribution in [-0.2, 0) is 6.42 Å². The van der Waals surface area contributed by atoms with Crippen molar-refractivity contribution in [3.8, 4) is 0 Å². The van der Waals surface area contributed by atoms with Crippen molar-refractivity contribution >= 4 is 17.5 Å². The van der Waals surface area contributed by atoms with E-state index in [1.807, 2.05) is 6.92 Å². The van der Waals surface area contributed by atoms with Crippen LogP contribution in [0.4, 0.5) is 8.78 Å². The molecular formula is C12H16ClF2N3O. The molecule has 0 aliphatic rings. The van der Waals surface area contributed by atoms with Gasteiger partial charge in [0.15, 0.2) is 0 Å². The van der Waals surface area contributed by atoms with Gasteiger partial charge in [-0.3, -0.25) is 4.79 Å². The lowest BCUT2D eigenvalue weighted by Crippen LogP contribution is -2.37. The van der Waals surface area contributed by atoms with Gasteiger partial charge in [0.25, 0.3) is 12.3 Å². The molecule has 1 rings (SSSR count). The average molecular weight is 292 g/mol. The highest BCUT2D eigenvalue weighted by atomic mass is 35.5. The molecule has 0 N–H and O–H groups in total. The van der Waals surface area contributed by atoms with Gasteiger partial charge in [-0.05, 0) is 19.4 Å². The smallest absolute Gasteiger partial charge is 0.256 e. The summed E-state index contributed by atoms with van der Waals surface area (Å²) in [4.78, 5) is 13.3. The molecule has 0 aliphatic heterocycles. The molecule has 0 atom stereocenters. The number of rotatable bonds is 6. The predicted octanol–water partition coefficient (Wildman–Crippen LogP) is 2.29. The van der Waals surface area contributed by atoms with Crippen LogP contribution in [0.2, 0.25) is 0 Å². The molecule has 0 aromatic carbocycles. The maximum absolute atomic E-state index is 12.5. The van der Waals surface area contributed by atoms with Gasteiger partial charge in [-0.15, -0.1) is 11.6 Å². The molecule has 0 saturated heterocycles. The van der Waals surface area contributed by atoms with Crippen molar-refractivity contribution in [2.24, 2.45) is 0 Å². The monoisotopic (exact) mass is 291 g/mol. The fourth-order valence-electron chi connectivity index (χ4n) is 1.68. The van der Waals surface area contributed by atoms with Gasteiger partial charge >= 0.3 is 0 Å². The number of carbonyl (C=O) groups is 1. The Morgan fingerprint density at radius 1 is 1.47 bits per heavy atom. The molecule has 19 heavy (non-hydrogen) atoms. The summed E-state index contributed by atoms with van der Waals surface area (Å²) in [6.07, 6.45) is -2.08. The Bertz CT molecular complexity index is 443. The Hall–Kier alpha value is -1.30. The summed E-state index contributed by atoms with van der Waals surface area (Å²) < 4.78 is 25.0. The van der Waals surface area contributed by atoms with E-state index in [0.29, 0.717) is 23.4 Å². The van der Waals surface area contributed by atoms with Crippen LogP contribution >= 0.6 is 11.6 Å². The Balaban J connectivity index is 3.04. The molecule has 1 aromatic heterocycles. The summed E-state index contributed by atoms with van der Waals surface area (Å²) in [7, 11) is 0. The van der Waals surface area contributed by atoms with Crippen LogP contribution in [0.3, 0.4) is 0 Å². The third-order valence-corrected chi connectivity index (χ3v) is 2.73. The summed E-state index contributed by atoms with van der Waals surface area (Å²) in [5.41, 5.74) is 1.40. The van der Waals surface area contributed by atoms with E-state index in [1.54, 1.807) is 13.0 Å². The molecule has 0 bridgehead atoms. The van der Waals surface area contributed by atoms with E-state index in [-0.39, 0.29) is 12.4 Å². The summed E-state index contributed by atoms with van der Waals surface area (Å²) >= 11 is 5.55. The van der Waals surface area contributed by atoms with E-state index in [2.05, 4.69) is 10.2 Å². The lowest BCUT2D eigenvalue weighted by Gasteiger charge is -2.22. The van der Waals surface area contributed by atoms with Crippen LogP contribution in [0.25, 0.3) is 0 Å². The van der Waals surface area contributed by atoms with Crippen LogP contribution in [0.5, 0.6) is 0 Å². The second-order valence-corrected chi connectivity index (χ2v) is 4.41. The quantitative estimate of drug-likeness (QED) is 0.756. The minimum Gasteiger partial charge on any atom is -0.332 e. The van der Waals surface area contributed by atoms with Gasteiger partial charge in [0.05, 0.1) is 23.5 Å². The highest BCUT2D eigenvalue weighted by Gasteiger charge is 2.22. The number of hydrogen-bond acceptors (Lipinski definition) is 3. The zero-order chi connectivity index (χ0) is 14.4. The number of aryl methyl sites for hydroxylation is 2. The number of nitrogens with zero attached hydrogens (tertiary/aromatic N) is 3. The number of alkyl halides is 3. The summed E-state index contributed by atoms with van der Waals surface area (Å²) in [6, 6.07) is 1.57. The predicted molar refractivity (Wildman–Crippen MR) is 68.8 cm³/mol. The number of halogens is 3. The van der Waals surface area contributed by atoms with Gasteiger partial charge in [0.1, 0.15) is 0 Å². The summed E-state index contributed by atoms with van der Waals surface area (Å²) in [5, 5.41) is 7.79. The van der Waals surface area contributed by atoms with Gasteiger partial charge in [-0.25, -0.2) is 8.78 Å². The first-order valence-corrected chi connectivity index (χ1v) is 6.49. The topological polar surface area (TPSA) is 46.1 Å². The van der Waals surface area contributed by atoms with E-state index in [1.165, 1.54) is 0 Å². The van der Waals surface area contributed by atoms with Crippen LogP contribution in [0.15, 0.2) is 6.07 Å². The van der Waals surface area contributed by atoms with E-state index >= 15 is 0 Å². The van der Waals surface area contributed by atoms with Crippen molar-refractivity contribution < 1.29 is 13.6 Å². The molecule has 106 valence electrons. The minimum absolute atomic E-state index is 0.0786. The van der Waals surface area contributed by atoms with Crippen LogP contribution in [-0.4, -0.2) is 46.4 Å². The third kappa shape index (κ3) is 4.38. The highest BCUT2D eigenvalue weighted by Crippen LogP contribution is 2.12. The molecule has 0 saturated carbocycles. The fraction of sp³-hybridized carbons (Fsp3) is 0.583. The van der Waals surface area contributed by atoms with E-state index < -0.39 is 18.9 Å². The molecule has 1 amide bonds. The molecule has 7 heteroatoms. The van der Waals surface area contributed by atoms with Gasteiger partial charge in [-0.2, -0.15) is 10.2 Å². The number of carbonyl (C=O) groups excluding carboxylic acids is 1. The van der Waals surface area contributed by atoms with E-state index in [4.69, 9.17) is 11.6 Å². The van der Waals surface area contributed by atoms with Gasteiger partial charge < -0.3 is 4.90 Å². The molecule has 4 nitrogen and oxygen atoms in total. The first-order chi connectivity index (χ1) is 8.99. The number of amides is 1. The summed E-state index contributed by atoms with van der Waals surface area (Å²) in [5.74, 6) is -0.368. The van der Waals surface area contributed by atoms with Gasteiger partial charge in [0.2, 0.25) is 0 Å². The van der Waals surface area contributed by atoms with Crippen molar-refractivity contribution in [3.05, 3.63) is 23.0 Å². The van der Waals surface area contributed by atoms with Crippen LogP contribution in [0.1, 0.15) is 28.7 Å².